The van der Waals surface area contributed by atoms with Crippen molar-refractivity contribution in [2.45, 2.75) is 0 Å². The average molecular weight is 380 g/mol. The number of benzene rings is 2. The Morgan fingerprint density at radius 1 is 1.11 bits per heavy atom. The number of methoxy groups -OCH3 is 1. The molecule has 3 rings (SSSR count). The van der Waals surface area contributed by atoms with Crippen LogP contribution in [0, 0.1) is 11.3 Å². The topological polar surface area (TPSA) is 77.8 Å². The summed E-state index contributed by atoms with van der Waals surface area (Å²) >= 11 is 0. The molecule has 0 aromatic heterocycles. The Morgan fingerprint density at radius 3 is 2.46 bits per heavy atom. The largest absolute Gasteiger partial charge is 0.493 e. The number of ether oxygens (including phenoxy) is 2. The lowest BCUT2D eigenvalue weighted by Gasteiger charge is -2.34. The minimum atomic E-state index is -0.265. The van der Waals surface area contributed by atoms with Crippen LogP contribution in [0.1, 0.15) is 5.56 Å². The van der Waals surface area contributed by atoms with Crippen LogP contribution in [0.15, 0.2) is 42.5 Å². The SMILES string of the molecule is COc1cc(C#N)ccc1OCC(=O)Nc1ccc(N2CCN(C)CC2)cc1. The van der Waals surface area contributed by atoms with Gasteiger partial charge in [-0.05, 0) is 43.4 Å². The normalized spacial score (nSPS) is 14.2. The number of carbonyl (C=O) groups is 1. The van der Waals surface area contributed by atoms with Crippen molar-refractivity contribution in [1.82, 2.24) is 4.90 Å². The van der Waals surface area contributed by atoms with Crippen molar-refractivity contribution < 1.29 is 14.3 Å². The fraction of sp³-hybridized carbons (Fsp3) is 0.333. The van der Waals surface area contributed by atoms with Gasteiger partial charge >= 0.3 is 0 Å². The molecule has 0 spiro atoms. The molecule has 1 aliphatic heterocycles. The molecule has 2 aromatic rings. The summed E-state index contributed by atoms with van der Waals surface area (Å²) in [4.78, 5) is 16.8. The second-order valence-electron chi connectivity index (χ2n) is 6.65. The Bertz CT molecular complexity index is 853. The number of nitrogens with one attached hydrogen (secondary N) is 1. The van der Waals surface area contributed by atoms with Crippen LogP contribution in [0.2, 0.25) is 0 Å². The van der Waals surface area contributed by atoms with Gasteiger partial charge in [0.1, 0.15) is 0 Å². The van der Waals surface area contributed by atoms with E-state index in [2.05, 4.69) is 22.2 Å². The van der Waals surface area contributed by atoms with Crippen molar-refractivity contribution in [3.05, 3.63) is 48.0 Å². The second-order valence-corrected chi connectivity index (χ2v) is 6.65. The van der Waals surface area contributed by atoms with Crippen molar-refractivity contribution in [2.75, 3.05) is 57.2 Å². The quantitative estimate of drug-likeness (QED) is 0.829. The third-order valence-electron chi connectivity index (χ3n) is 4.67. The molecule has 7 heteroatoms. The van der Waals surface area contributed by atoms with Gasteiger partial charge in [-0.1, -0.05) is 0 Å². The first-order valence-corrected chi connectivity index (χ1v) is 9.13. The summed E-state index contributed by atoms with van der Waals surface area (Å²) in [7, 11) is 3.62. The Balaban J connectivity index is 1.53. The fourth-order valence-corrected chi connectivity index (χ4v) is 3.02. The van der Waals surface area contributed by atoms with Crippen LogP contribution in [-0.2, 0) is 4.79 Å². The van der Waals surface area contributed by atoms with Crippen LogP contribution in [0.5, 0.6) is 11.5 Å². The van der Waals surface area contributed by atoms with E-state index in [0.717, 1.165) is 37.6 Å². The van der Waals surface area contributed by atoms with Gasteiger partial charge in [0, 0.05) is 43.6 Å². The first-order valence-electron chi connectivity index (χ1n) is 9.13. The van der Waals surface area contributed by atoms with E-state index < -0.39 is 0 Å². The summed E-state index contributed by atoms with van der Waals surface area (Å²) in [5, 5.41) is 11.8. The minimum absolute atomic E-state index is 0.150. The van der Waals surface area contributed by atoms with Crippen molar-refractivity contribution in [3.8, 4) is 17.6 Å². The molecule has 1 saturated heterocycles. The van der Waals surface area contributed by atoms with E-state index in [1.54, 1.807) is 18.2 Å². The third kappa shape index (κ3) is 4.93. The average Bonchev–Trinajstić information content (AvgIpc) is 2.73. The van der Waals surface area contributed by atoms with Gasteiger partial charge in [0.25, 0.3) is 5.91 Å². The van der Waals surface area contributed by atoms with Gasteiger partial charge < -0.3 is 24.6 Å². The van der Waals surface area contributed by atoms with E-state index in [4.69, 9.17) is 14.7 Å². The number of piperazine rings is 1. The van der Waals surface area contributed by atoms with Crippen LogP contribution >= 0.6 is 0 Å². The zero-order valence-electron chi connectivity index (χ0n) is 16.1. The Hall–Kier alpha value is -3.24. The van der Waals surface area contributed by atoms with Crippen molar-refractivity contribution >= 4 is 17.3 Å². The number of rotatable bonds is 6. The summed E-state index contributed by atoms with van der Waals surface area (Å²) in [5.74, 6) is 0.573. The molecular formula is C21H24N4O3. The molecular weight excluding hydrogens is 356 g/mol. The highest BCUT2D eigenvalue weighted by Crippen LogP contribution is 2.27. The van der Waals surface area contributed by atoms with Gasteiger partial charge in [0.05, 0.1) is 18.7 Å². The molecule has 2 aromatic carbocycles. The summed E-state index contributed by atoms with van der Waals surface area (Å²) in [6.07, 6.45) is 0. The van der Waals surface area contributed by atoms with Crippen molar-refractivity contribution in [1.29, 1.82) is 5.26 Å². The molecule has 0 aliphatic carbocycles. The first kappa shape index (κ1) is 19.5. The maximum absolute atomic E-state index is 12.2. The summed E-state index contributed by atoms with van der Waals surface area (Å²) < 4.78 is 10.7. The smallest absolute Gasteiger partial charge is 0.262 e. The van der Waals surface area contributed by atoms with Gasteiger partial charge in [-0.2, -0.15) is 5.26 Å². The Labute approximate surface area is 165 Å². The van der Waals surface area contributed by atoms with E-state index in [0.29, 0.717) is 17.1 Å². The molecule has 1 fully saturated rings. The number of hydrogen-bond acceptors (Lipinski definition) is 6. The van der Waals surface area contributed by atoms with E-state index >= 15 is 0 Å². The Kier molecular flexibility index (Phi) is 6.35. The zero-order chi connectivity index (χ0) is 19.9. The lowest BCUT2D eigenvalue weighted by atomic mass is 10.2. The standard InChI is InChI=1S/C21H24N4O3/c1-24-9-11-25(12-10-24)18-6-4-17(5-7-18)23-21(26)15-28-19-8-3-16(14-22)13-20(19)27-2/h3-8,13H,9-12,15H2,1-2H3,(H,23,26). The van der Waals surface area contributed by atoms with Crippen LogP contribution in [0.25, 0.3) is 0 Å². The molecule has 1 amide bonds. The van der Waals surface area contributed by atoms with Crippen LogP contribution in [0.3, 0.4) is 0 Å². The molecule has 0 bridgehead atoms. The monoisotopic (exact) mass is 380 g/mol. The van der Waals surface area contributed by atoms with Gasteiger partial charge in [0.2, 0.25) is 0 Å². The third-order valence-corrected chi connectivity index (χ3v) is 4.67. The fourth-order valence-electron chi connectivity index (χ4n) is 3.02. The van der Waals surface area contributed by atoms with E-state index in [1.807, 2.05) is 30.3 Å². The number of hydrogen-bond donors (Lipinski definition) is 1. The number of nitriles is 1. The van der Waals surface area contributed by atoms with Crippen LogP contribution in [-0.4, -0.2) is 57.8 Å². The second kappa shape index (κ2) is 9.11. The first-order chi connectivity index (χ1) is 13.6. The molecule has 1 aliphatic rings. The van der Waals surface area contributed by atoms with Gasteiger partial charge in [0.15, 0.2) is 18.1 Å². The van der Waals surface area contributed by atoms with E-state index in [1.165, 1.54) is 7.11 Å². The van der Waals surface area contributed by atoms with E-state index in [9.17, 15) is 4.79 Å². The highest BCUT2D eigenvalue weighted by molar-refractivity contribution is 5.92. The summed E-state index contributed by atoms with van der Waals surface area (Å²) in [6, 6.07) is 14.7. The maximum atomic E-state index is 12.2. The minimum Gasteiger partial charge on any atom is -0.493 e. The van der Waals surface area contributed by atoms with Crippen molar-refractivity contribution in [2.24, 2.45) is 0 Å². The summed E-state index contributed by atoms with van der Waals surface area (Å²) in [6.45, 7) is 3.96. The highest BCUT2D eigenvalue weighted by Gasteiger charge is 2.14. The molecule has 0 atom stereocenters. The lowest BCUT2D eigenvalue weighted by molar-refractivity contribution is -0.118. The summed E-state index contributed by atoms with van der Waals surface area (Å²) in [5.41, 5.74) is 2.34. The maximum Gasteiger partial charge on any atom is 0.262 e. The van der Waals surface area contributed by atoms with Crippen LogP contribution in [0.4, 0.5) is 11.4 Å². The molecule has 146 valence electrons. The molecule has 7 nitrogen and oxygen atoms in total. The number of carbonyl (C=O) groups excluding carboxylic acids is 1. The van der Waals surface area contributed by atoms with Gasteiger partial charge in [-0.3, -0.25) is 4.79 Å². The molecule has 0 unspecified atom stereocenters. The predicted molar refractivity (Wildman–Crippen MR) is 108 cm³/mol. The number of nitrogens with zero attached hydrogens (tertiary/aromatic N) is 3. The molecule has 1 heterocycles. The molecule has 0 radical (unpaired) electrons. The van der Waals surface area contributed by atoms with Gasteiger partial charge in [-0.25, -0.2) is 0 Å². The number of amides is 1. The molecule has 0 saturated carbocycles. The van der Waals surface area contributed by atoms with E-state index in [-0.39, 0.29) is 12.5 Å². The molecule has 28 heavy (non-hydrogen) atoms. The van der Waals surface area contributed by atoms with Crippen molar-refractivity contribution in [3.63, 3.8) is 0 Å². The predicted octanol–water partition coefficient (Wildman–Crippen LogP) is 2.34. The number of likely N-dealkylation sites (N-methyl/N-ethyl adjacent to an activating group) is 1. The van der Waals surface area contributed by atoms with Gasteiger partial charge in [-0.15, -0.1) is 0 Å². The lowest BCUT2D eigenvalue weighted by Crippen LogP contribution is -2.44. The zero-order valence-corrected chi connectivity index (χ0v) is 16.1. The highest BCUT2D eigenvalue weighted by atomic mass is 16.5. The molecule has 1 N–H and O–H groups in total. The van der Waals surface area contributed by atoms with Crippen LogP contribution < -0.4 is 19.7 Å². The Morgan fingerprint density at radius 2 is 1.82 bits per heavy atom. The number of anilines is 2.